The number of pyridine rings is 1. The first-order chi connectivity index (χ1) is 8.24. The third-order valence-electron chi connectivity index (χ3n) is 2.74. The standard InChI is InChI=1S/C13H21ClN2O/c1-12(11-14)5-4-7-15-8-10-16-9-3-2-6-13(16)17/h2-3,6,9,12,15H,4-5,7-8,10-11H2,1H3. The van der Waals surface area contributed by atoms with Gasteiger partial charge in [0, 0.05) is 31.2 Å². The molecule has 3 nitrogen and oxygen atoms in total. The van der Waals surface area contributed by atoms with Crippen molar-refractivity contribution < 1.29 is 0 Å². The summed E-state index contributed by atoms with van der Waals surface area (Å²) in [6.07, 6.45) is 4.11. The summed E-state index contributed by atoms with van der Waals surface area (Å²) in [5.74, 6) is 1.33. The lowest BCUT2D eigenvalue weighted by Gasteiger charge is -2.09. The maximum absolute atomic E-state index is 11.4. The Hall–Kier alpha value is -0.800. The number of rotatable bonds is 8. The Morgan fingerprint density at radius 3 is 2.94 bits per heavy atom. The van der Waals surface area contributed by atoms with E-state index >= 15 is 0 Å². The minimum absolute atomic E-state index is 0.0602. The first-order valence-electron chi connectivity index (χ1n) is 6.16. The molecule has 0 aliphatic heterocycles. The summed E-state index contributed by atoms with van der Waals surface area (Å²) in [5.41, 5.74) is 0.0602. The Kier molecular flexibility index (Phi) is 6.97. The van der Waals surface area contributed by atoms with E-state index in [0.717, 1.165) is 38.4 Å². The summed E-state index contributed by atoms with van der Waals surface area (Å²) in [7, 11) is 0. The van der Waals surface area contributed by atoms with Crippen LogP contribution >= 0.6 is 11.6 Å². The van der Waals surface area contributed by atoms with Crippen LogP contribution in [0.5, 0.6) is 0 Å². The fourth-order valence-corrected chi connectivity index (χ4v) is 1.78. The summed E-state index contributed by atoms with van der Waals surface area (Å²) in [6.45, 7) is 4.71. The highest BCUT2D eigenvalue weighted by atomic mass is 35.5. The van der Waals surface area contributed by atoms with Gasteiger partial charge in [0.15, 0.2) is 0 Å². The van der Waals surface area contributed by atoms with Gasteiger partial charge in [-0.25, -0.2) is 0 Å². The summed E-state index contributed by atoms with van der Waals surface area (Å²) in [4.78, 5) is 11.4. The molecule has 1 unspecified atom stereocenters. The predicted molar refractivity (Wildman–Crippen MR) is 72.7 cm³/mol. The van der Waals surface area contributed by atoms with E-state index in [1.54, 1.807) is 16.7 Å². The van der Waals surface area contributed by atoms with Crippen molar-refractivity contribution in [3.8, 4) is 0 Å². The Morgan fingerprint density at radius 2 is 2.24 bits per heavy atom. The van der Waals surface area contributed by atoms with E-state index in [1.165, 1.54) is 0 Å². The molecule has 0 aromatic carbocycles. The molecule has 1 atom stereocenters. The SMILES string of the molecule is CC(CCl)CCCNCCn1ccccc1=O. The van der Waals surface area contributed by atoms with E-state index in [-0.39, 0.29) is 5.56 Å². The van der Waals surface area contributed by atoms with Gasteiger partial charge in [0.1, 0.15) is 0 Å². The smallest absolute Gasteiger partial charge is 0.250 e. The molecule has 17 heavy (non-hydrogen) atoms. The first-order valence-corrected chi connectivity index (χ1v) is 6.69. The van der Waals surface area contributed by atoms with Gasteiger partial charge in [-0.3, -0.25) is 4.79 Å². The molecule has 0 spiro atoms. The lowest BCUT2D eigenvalue weighted by molar-refractivity contribution is 0.515. The highest BCUT2D eigenvalue weighted by molar-refractivity contribution is 6.18. The molecule has 0 saturated carbocycles. The average molecular weight is 257 g/mol. The molecule has 0 radical (unpaired) electrons. The molecule has 1 aromatic rings. The summed E-state index contributed by atoms with van der Waals surface area (Å²) < 4.78 is 1.72. The van der Waals surface area contributed by atoms with Gasteiger partial charge in [-0.05, 0) is 31.4 Å². The molecule has 96 valence electrons. The normalized spacial score (nSPS) is 12.6. The molecule has 0 amide bonds. The van der Waals surface area contributed by atoms with E-state index in [4.69, 9.17) is 11.6 Å². The lowest BCUT2D eigenvalue weighted by atomic mass is 10.1. The van der Waals surface area contributed by atoms with Crippen molar-refractivity contribution in [3.63, 3.8) is 0 Å². The van der Waals surface area contributed by atoms with Crippen molar-refractivity contribution in [2.75, 3.05) is 19.0 Å². The second-order valence-corrected chi connectivity index (χ2v) is 4.69. The number of aromatic nitrogens is 1. The van der Waals surface area contributed by atoms with Gasteiger partial charge in [0.25, 0.3) is 5.56 Å². The number of halogens is 1. The number of hydrogen-bond donors (Lipinski definition) is 1. The fraction of sp³-hybridized carbons (Fsp3) is 0.615. The first kappa shape index (κ1) is 14.3. The van der Waals surface area contributed by atoms with Crippen LogP contribution in [0.25, 0.3) is 0 Å². The molecule has 1 N–H and O–H groups in total. The minimum Gasteiger partial charge on any atom is -0.315 e. The molecule has 1 aromatic heterocycles. The van der Waals surface area contributed by atoms with Gasteiger partial charge >= 0.3 is 0 Å². The maximum Gasteiger partial charge on any atom is 0.250 e. The average Bonchev–Trinajstić information content (AvgIpc) is 2.35. The molecule has 1 heterocycles. The molecule has 1 rings (SSSR count). The van der Waals surface area contributed by atoms with E-state index in [9.17, 15) is 4.79 Å². The zero-order valence-electron chi connectivity index (χ0n) is 10.4. The van der Waals surface area contributed by atoms with E-state index < -0.39 is 0 Å². The molecular formula is C13H21ClN2O. The topological polar surface area (TPSA) is 34.0 Å². The molecule has 0 bridgehead atoms. The second kappa shape index (κ2) is 8.31. The van der Waals surface area contributed by atoms with Crippen molar-refractivity contribution in [2.45, 2.75) is 26.3 Å². The number of nitrogens with zero attached hydrogens (tertiary/aromatic N) is 1. The lowest BCUT2D eigenvalue weighted by Crippen LogP contribution is -2.26. The van der Waals surface area contributed by atoms with Crippen molar-refractivity contribution in [3.05, 3.63) is 34.7 Å². The van der Waals surface area contributed by atoms with E-state index in [0.29, 0.717) is 5.92 Å². The predicted octanol–water partition coefficient (Wildman–Crippen LogP) is 2.09. The maximum atomic E-state index is 11.4. The summed E-state index contributed by atoms with van der Waals surface area (Å²) in [6, 6.07) is 5.23. The zero-order chi connectivity index (χ0) is 12.5. The van der Waals surface area contributed by atoms with Crippen molar-refractivity contribution in [2.24, 2.45) is 5.92 Å². The minimum atomic E-state index is 0.0602. The summed E-state index contributed by atoms with van der Waals surface area (Å²) >= 11 is 5.73. The molecule has 0 aliphatic carbocycles. The molecule has 4 heteroatoms. The van der Waals surface area contributed by atoms with Gasteiger partial charge in [0.2, 0.25) is 0 Å². The molecule has 0 aliphatic rings. The number of alkyl halides is 1. The Labute approximate surface area is 108 Å². The van der Waals surface area contributed by atoms with Gasteiger partial charge in [0.05, 0.1) is 0 Å². The van der Waals surface area contributed by atoms with Crippen LogP contribution in [0.1, 0.15) is 19.8 Å². The van der Waals surface area contributed by atoms with Crippen LogP contribution in [0.3, 0.4) is 0 Å². The molecule has 0 saturated heterocycles. The van der Waals surface area contributed by atoms with Crippen molar-refractivity contribution >= 4 is 11.6 Å². The Morgan fingerprint density at radius 1 is 1.41 bits per heavy atom. The number of nitrogens with one attached hydrogen (secondary N) is 1. The van der Waals surface area contributed by atoms with Crippen LogP contribution in [0.15, 0.2) is 29.2 Å². The monoisotopic (exact) mass is 256 g/mol. The molecular weight excluding hydrogens is 236 g/mol. The van der Waals surface area contributed by atoms with Crippen LogP contribution in [-0.4, -0.2) is 23.5 Å². The van der Waals surface area contributed by atoms with Crippen molar-refractivity contribution in [1.82, 2.24) is 9.88 Å². The van der Waals surface area contributed by atoms with E-state index in [2.05, 4.69) is 12.2 Å². The van der Waals surface area contributed by atoms with Crippen molar-refractivity contribution in [1.29, 1.82) is 0 Å². The van der Waals surface area contributed by atoms with Gasteiger partial charge in [-0.15, -0.1) is 11.6 Å². The van der Waals surface area contributed by atoms with Crippen LogP contribution in [0, 0.1) is 5.92 Å². The highest BCUT2D eigenvalue weighted by Crippen LogP contribution is 2.05. The third-order valence-corrected chi connectivity index (χ3v) is 3.27. The largest absolute Gasteiger partial charge is 0.315 e. The highest BCUT2D eigenvalue weighted by Gasteiger charge is 1.99. The molecule has 0 fully saturated rings. The summed E-state index contributed by atoms with van der Waals surface area (Å²) in [5, 5.41) is 3.34. The second-order valence-electron chi connectivity index (χ2n) is 4.38. The van der Waals surface area contributed by atoms with Gasteiger partial charge in [-0.1, -0.05) is 13.0 Å². The Bertz CT molecular complexity index is 364. The zero-order valence-corrected chi connectivity index (χ0v) is 11.1. The fourth-order valence-electron chi connectivity index (χ4n) is 1.62. The van der Waals surface area contributed by atoms with Gasteiger partial charge < -0.3 is 9.88 Å². The van der Waals surface area contributed by atoms with E-state index in [1.807, 2.05) is 12.3 Å². The van der Waals surface area contributed by atoms with Crippen LogP contribution < -0.4 is 10.9 Å². The van der Waals surface area contributed by atoms with Crippen LogP contribution in [-0.2, 0) is 6.54 Å². The van der Waals surface area contributed by atoms with Crippen LogP contribution in [0.4, 0.5) is 0 Å². The Balaban J connectivity index is 2.09. The van der Waals surface area contributed by atoms with Crippen LogP contribution in [0.2, 0.25) is 0 Å². The quantitative estimate of drug-likeness (QED) is 0.571. The number of hydrogen-bond acceptors (Lipinski definition) is 2. The van der Waals surface area contributed by atoms with Gasteiger partial charge in [-0.2, -0.15) is 0 Å². The third kappa shape index (κ3) is 5.89.